The molecule has 0 aromatic heterocycles. The van der Waals surface area contributed by atoms with Crippen molar-refractivity contribution in [3.63, 3.8) is 0 Å². The van der Waals surface area contributed by atoms with Crippen LogP contribution in [-0.4, -0.2) is 11.4 Å². The van der Waals surface area contributed by atoms with Gasteiger partial charge in [-0.1, -0.05) is 31.9 Å². The minimum atomic E-state index is -0.651. The monoisotopic (exact) mass is 268 g/mol. The average Bonchev–Trinajstić information content (AvgIpc) is 2.78. The Morgan fingerprint density at radius 3 is 2.67 bits per heavy atom. The van der Waals surface area contributed by atoms with Gasteiger partial charge in [-0.2, -0.15) is 0 Å². The Kier molecular flexibility index (Phi) is 5.17. The van der Waals surface area contributed by atoms with E-state index in [4.69, 9.17) is 5.73 Å². The Labute approximate surface area is 115 Å². The summed E-state index contributed by atoms with van der Waals surface area (Å²) in [6.07, 6.45) is 4.67. The van der Waals surface area contributed by atoms with Crippen molar-refractivity contribution in [2.24, 2.45) is 5.73 Å². The SMILES string of the molecule is CCc1cccc(NC(=O)C2(N)CCCC2)c1.Cl. The van der Waals surface area contributed by atoms with Gasteiger partial charge in [-0.3, -0.25) is 4.79 Å². The third-order valence-electron chi connectivity index (χ3n) is 3.54. The molecule has 100 valence electrons. The Bertz CT molecular complexity index is 414. The number of carbonyl (C=O) groups excluding carboxylic acids is 1. The van der Waals surface area contributed by atoms with Crippen molar-refractivity contribution in [3.05, 3.63) is 29.8 Å². The van der Waals surface area contributed by atoms with Crippen LogP contribution in [0.3, 0.4) is 0 Å². The molecule has 4 heteroatoms. The number of nitrogens with two attached hydrogens (primary N) is 1. The van der Waals surface area contributed by atoms with E-state index in [-0.39, 0.29) is 18.3 Å². The minimum absolute atomic E-state index is 0. The molecule has 1 aliphatic carbocycles. The molecule has 1 fully saturated rings. The molecular formula is C14H21ClN2O. The zero-order chi connectivity index (χ0) is 12.3. The Balaban J connectivity index is 0.00000162. The van der Waals surface area contributed by atoms with Crippen molar-refractivity contribution < 1.29 is 4.79 Å². The summed E-state index contributed by atoms with van der Waals surface area (Å²) in [6.45, 7) is 2.10. The van der Waals surface area contributed by atoms with E-state index in [1.165, 1.54) is 5.56 Å². The fourth-order valence-corrected chi connectivity index (χ4v) is 2.36. The maximum atomic E-state index is 12.1. The fourth-order valence-electron chi connectivity index (χ4n) is 2.36. The molecule has 0 heterocycles. The van der Waals surface area contributed by atoms with Crippen LogP contribution in [0.1, 0.15) is 38.2 Å². The van der Waals surface area contributed by atoms with Gasteiger partial charge >= 0.3 is 0 Å². The average molecular weight is 269 g/mol. The van der Waals surface area contributed by atoms with Crippen LogP contribution in [0.4, 0.5) is 5.69 Å². The molecule has 2 rings (SSSR count). The maximum Gasteiger partial charge on any atom is 0.244 e. The molecule has 0 unspecified atom stereocenters. The molecule has 1 aliphatic rings. The van der Waals surface area contributed by atoms with Gasteiger partial charge in [0.15, 0.2) is 0 Å². The van der Waals surface area contributed by atoms with Crippen LogP contribution >= 0.6 is 12.4 Å². The van der Waals surface area contributed by atoms with Gasteiger partial charge in [-0.05, 0) is 37.0 Å². The fraction of sp³-hybridized carbons (Fsp3) is 0.500. The molecule has 1 amide bonds. The van der Waals surface area contributed by atoms with Crippen molar-refractivity contribution in [1.29, 1.82) is 0 Å². The molecule has 3 N–H and O–H groups in total. The lowest BCUT2D eigenvalue weighted by atomic mass is 9.98. The summed E-state index contributed by atoms with van der Waals surface area (Å²) in [5.74, 6) is -0.0387. The molecule has 3 nitrogen and oxygen atoms in total. The molecular weight excluding hydrogens is 248 g/mol. The molecule has 0 atom stereocenters. The number of aryl methyl sites for hydroxylation is 1. The highest BCUT2D eigenvalue weighted by molar-refractivity contribution is 5.98. The van der Waals surface area contributed by atoms with Gasteiger partial charge in [-0.25, -0.2) is 0 Å². The molecule has 1 saturated carbocycles. The van der Waals surface area contributed by atoms with Crippen LogP contribution in [0.2, 0.25) is 0 Å². The van der Waals surface area contributed by atoms with E-state index >= 15 is 0 Å². The highest BCUT2D eigenvalue weighted by Crippen LogP contribution is 2.28. The van der Waals surface area contributed by atoms with E-state index in [9.17, 15) is 4.79 Å². The third-order valence-corrected chi connectivity index (χ3v) is 3.54. The minimum Gasteiger partial charge on any atom is -0.324 e. The summed E-state index contributed by atoms with van der Waals surface area (Å²) in [6, 6.07) is 7.95. The largest absolute Gasteiger partial charge is 0.324 e. The van der Waals surface area contributed by atoms with Gasteiger partial charge in [0.1, 0.15) is 0 Å². The molecule has 18 heavy (non-hydrogen) atoms. The first-order valence-corrected chi connectivity index (χ1v) is 6.33. The van der Waals surface area contributed by atoms with Gasteiger partial charge < -0.3 is 11.1 Å². The summed E-state index contributed by atoms with van der Waals surface area (Å²) in [5.41, 5.74) is 7.53. The third kappa shape index (κ3) is 3.24. The molecule has 0 saturated heterocycles. The van der Waals surface area contributed by atoms with Crippen LogP contribution in [0.25, 0.3) is 0 Å². The molecule has 0 aliphatic heterocycles. The maximum absolute atomic E-state index is 12.1. The second-order valence-corrected chi connectivity index (χ2v) is 4.87. The normalized spacial score (nSPS) is 17.0. The number of carbonyl (C=O) groups is 1. The number of amides is 1. The number of hydrogen-bond donors (Lipinski definition) is 2. The summed E-state index contributed by atoms with van der Waals surface area (Å²) in [4.78, 5) is 12.1. The van der Waals surface area contributed by atoms with E-state index in [1.807, 2.05) is 18.2 Å². The van der Waals surface area contributed by atoms with E-state index < -0.39 is 5.54 Å². The van der Waals surface area contributed by atoms with Gasteiger partial charge in [0.25, 0.3) is 0 Å². The van der Waals surface area contributed by atoms with Crippen molar-refractivity contribution in [2.75, 3.05) is 5.32 Å². The van der Waals surface area contributed by atoms with Gasteiger partial charge in [0, 0.05) is 5.69 Å². The van der Waals surface area contributed by atoms with Crippen LogP contribution in [0.5, 0.6) is 0 Å². The predicted molar refractivity (Wildman–Crippen MR) is 77.1 cm³/mol. The van der Waals surface area contributed by atoms with E-state index in [1.54, 1.807) is 0 Å². The number of hydrogen-bond acceptors (Lipinski definition) is 2. The first-order valence-electron chi connectivity index (χ1n) is 6.33. The van der Waals surface area contributed by atoms with Crippen molar-refractivity contribution in [1.82, 2.24) is 0 Å². The molecule has 1 aromatic rings. The lowest BCUT2D eigenvalue weighted by molar-refractivity contribution is -0.121. The van der Waals surface area contributed by atoms with Crippen LogP contribution in [0, 0.1) is 0 Å². The van der Waals surface area contributed by atoms with Crippen LogP contribution < -0.4 is 11.1 Å². The highest BCUT2D eigenvalue weighted by Gasteiger charge is 2.36. The Morgan fingerprint density at radius 1 is 1.39 bits per heavy atom. The van der Waals surface area contributed by atoms with Crippen molar-refractivity contribution >= 4 is 24.0 Å². The number of benzene rings is 1. The van der Waals surface area contributed by atoms with Gasteiger partial charge in [-0.15, -0.1) is 12.4 Å². The van der Waals surface area contributed by atoms with Gasteiger partial charge in [0.05, 0.1) is 5.54 Å². The van der Waals surface area contributed by atoms with E-state index in [0.717, 1.165) is 37.8 Å². The number of rotatable bonds is 3. The summed E-state index contributed by atoms with van der Waals surface area (Å²) in [7, 11) is 0. The van der Waals surface area contributed by atoms with E-state index in [0.29, 0.717) is 0 Å². The predicted octanol–water partition coefficient (Wildman–Crippen LogP) is 2.88. The van der Waals surface area contributed by atoms with Crippen LogP contribution in [0.15, 0.2) is 24.3 Å². The molecule has 1 aromatic carbocycles. The number of nitrogens with one attached hydrogen (secondary N) is 1. The molecule has 0 spiro atoms. The first-order chi connectivity index (χ1) is 8.14. The standard InChI is InChI=1S/C14H20N2O.ClH/c1-2-11-6-5-7-12(10-11)16-13(17)14(15)8-3-4-9-14;/h5-7,10H,2-4,8-9,15H2,1H3,(H,16,17);1H. The number of anilines is 1. The van der Waals surface area contributed by atoms with Gasteiger partial charge in [0.2, 0.25) is 5.91 Å². The van der Waals surface area contributed by atoms with Crippen molar-refractivity contribution in [2.45, 2.75) is 44.6 Å². The van der Waals surface area contributed by atoms with Crippen LogP contribution in [-0.2, 0) is 11.2 Å². The summed E-state index contributed by atoms with van der Waals surface area (Å²) in [5, 5.41) is 2.94. The molecule has 0 bridgehead atoms. The number of halogens is 1. The van der Waals surface area contributed by atoms with Crippen molar-refractivity contribution in [3.8, 4) is 0 Å². The zero-order valence-corrected chi connectivity index (χ0v) is 11.6. The zero-order valence-electron chi connectivity index (χ0n) is 10.7. The second-order valence-electron chi connectivity index (χ2n) is 4.87. The Morgan fingerprint density at radius 2 is 2.06 bits per heavy atom. The highest BCUT2D eigenvalue weighted by atomic mass is 35.5. The Hall–Kier alpha value is -1.06. The molecule has 0 radical (unpaired) electrons. The first kappa shape index (κ1) is 15.0. The lowest BCUT2D eigenvalue weighted by Gasteiger charge is -2.22. The summed E-state index contributed by atoms with van der Waals surface area (Å²) < 4.78 is 0. The van der Waals surface area contributed by atoms with E-state index in [2.05, 4.69) is 18.3 Å². The lowest BCUT2D eigenvalue weighted by Crippen LogP contribution is -2.48. The quantitative estimate of drug-likeness (QED) is 0.886. The smallest absolute Gasteiger partial charge is 0.244 e. The topological polar surface area (TPSA) is 55.1 Å². The summed E-state index contributed by atoms with van der Waals surface area (Å²) >= 11 is 0. The second kappa shape index (κ2) is 6.21.